The maximum Gasteiger partial charge on any atom is 0.166 e. The van der Waals surface area contributed by atoms with Gasteiger partial charge in [0, 0.05) is 25.2 Å². The molecule has 1 atom stereocenters. The summed E-state index contributed by atoms with van der Waals surface area (Å²) in [6, 6.07) is 3.79. The minimum absolute atomic E-state index is 0.0416. The zero-order valence-corrected chi connectivity index (χ0v) is 10.8. The van der Waals surface area contributed by atoms with Crippen LogP contribution >= 0.6 is 0 Å². The molecule has 0 aliphatic heterocycles. The first kappa shape index (κ1) is 13.8. The fraction of sp³-hybridized carbons (Fsp3) is 0.538. The zero-order valence-electron chi connectivity index (χ0n) is 10.8. The van der Waals surface area contributed by atoms with Gasteiger partial charge in [0.1, 0.15) is 0 Å². The number of methoxy groups -OCH3 is 3. The Bertz CT molecular complexity index is 363. The fourth-order valence-corrected chi connectivity index (χ4v) is 1.86. The van der Waals surface area contributed by atoms with Crippen LogP contribution in [-0.4, -0.2) is 33.0 Å². The van der Waals surface area contributed by atoms with Gasteiger partial charge in [0.15, 0.2) is 11.5 Å². The van der Waals surface area contributed by atoms with Gasteiger partial charge in [-0.25, -0.2) is 0 Å². The fourth-order valence-electron chi connectivity index (χ4n) is 1.86. The van der Waals surface area contributed by atoms with Crippen LogP contribution < -0.4 is 9.47 Å². The first-order valence-corrected chi connectivity index (χ1v) is 5.53. The van der Waals surface area contributed by atoms with Crippen molar-refractivity contribution in [2.75, 3.05) is 27.9 Å². The quantitative estimate of drug-likeness (QED) is 0.825. The lowest BCUT2D eigenvalue weighted by Gasteiger charge is -2.19. The summed E-state index contributed by atoms with van der Waals surface area (Å²) in [6.07, 6.45) is 0. The van der Waals surface area contributed by atoms with Crippen molar-refractivity contribution in [2.45, 2.75) is 19.4 Å². The van der Waals surface area contributed by atoms with E-state index in [1.165, 1.54) is 0 Å². The Morgan fingerprint density at radius 2 is 1.88 bits per heavy atom. The van der Waals surface area contributed by atoms with Gasteiger partial charge in [-0.2, -0.15) is 0 Å². The lowest BCUT2D eigenvalue weighted by Crippen LogP contribution is -2.07. The van der Waals surface area contributed by atoms with Crippen LogP contribution in [0, 0.1) is 0 Å². The number of benzene rings is 1. The third kappa shape index (κ3) is 2.90. The minimum Gasteiger partial charge on any atom is -0.493 e. The van der Waals surface area contributed by atoms with Gasteiger partial charge in [0.05, 0.1) is 20.8 Å². The molecule has 0 saturated heterocycles. The summed E-state index contributed by atoms with van der Waals surface area (Å²) >= 11 is 0. The van der Waals surface area contributed by atoms with Crippen molar-refractivity contribution in [2.24, 2.45) is 0 Å². The van der Waals surface area contributed by atoms with E-state index in [4.69, 9.17) is 14.2 Å². The van der Waals surface area contributed by atoms with E-state index in [2.05, 4.69) is 0 Å². The molecule has 0 bridgehead atoms. The average Bonchev–Trinajstić information content (AvgIpc) is 2.37. The first-order valence-electron chi connectivity index (χ1n) is 5.53. The van der Waals surface area contributed by atoms with E-state index >= 15 is 0 Å². The molecule has 17 heavy (non-hydrogen) atoms. The molecule has 0 amide bonds. The number of hydrogen-bond donors (Lipinski definition) is 1. The molecule has 1 N–H and O–H groups in total. The van der Waals surface area contributed by atoms with Crippen molar-refractivity contribution < 1.29 is 19.3 Å². The highest BCUT2D eigenvalue weighted by Gasteiger charge is 2.18. The molecule has 1 rings (SSSR count). The first-order chi connectivity index (χ1) is 8.19. The maximum absolute atomic E-state index is 9.26. The Kier molecular flexibility index (Phi) is 5.25. The van der Waals surface area contributed by atoms with Crippen molar-refractivity contribution in [3.63, 3.8) is 0 Å². The van der Waals surface area contributed by atoms with E-state index in [1.807, 2.05) is 19.1 Å². The van der Waals surface area contributed by atoms with Crippen LogP contribution in [0.4, 0.5) is 0 Å². The van der Waals surface area contributed by atoms with Gasteiger partial charge >= 0.3 is 0 Å². The molecule has 4 nitrogen and oxygen atoms in total. The second-order valence-corrected chi connectivity index (χ2v) is 3.89. The highest BCUT2D eigenvalue weighted by atomic mass is 16.5. The Labute approximate surface area is 102 Å². The van der Waals surface area contributed by atoms with Gasteiger partial charge < -0.3 is 19.3 Å². The van der Waals surface area contributed by atoms with Crippen LogP contribution in [0.25, 0.3) is 0 Å². The topological polar surface area (TPSA) is 47.9 Å². The molecule has 0 aromatic heterocycles. The van der Waals surface area contributed by atoms with Gasteiger partial charge in [0.2, 0.25) is 0 Å². The average molecular weight is 240 g/mol. The summed E-state index contributed by atoms with van der Waals surface area (Å²) in [7, 11) is 4.83. The lowest BCUT2D eigenvalue weighted by atomic mass is 9.95. The van der Waals surface area contributed by atoms with Crippen LogP contribution in [0.3, 0.4) is 0 Å². The van der Waals surface area contributed by atoms with E-state index in [0.29, 0.717) is 18.1 Å². The Morgan fingerprint density at radius 1 is 1.18 bits per heavy atom. The predicted molar refractivity (Wildman–Crippen MR) is 65.8 cm³/mol. The van der Waals surface area contributed by atoms with Crippen molar-refractivity contribution in [3.8, 4) is 11.5 Å². The highest BCUT2D eigenvalue weighted by Crippen LogP contribution is 2.36. The smallest absolute Gasteiger partial charge is 0.166 e. The van der Waals surface area contributed by atoms with Gasteiger partial charge in [-0.1, -0.05) is 13.0 Å². The Balaban J connectivity index is 3.30. The van der Waals surface area contributed by atoms with Crippen LogP contribution in [-0.2, 0) is 11.3 Å². The van der Waals surface area contributed by atoms with Crippen LogP contribution in [0.5, 0.6) is 11.5 Å². The van der Waals surface area contributed by atoms with Crippen LogP contribution in [0.15, 0.2) is 12.1 Å². The normalized spacial score (nSPS) is 12.3. The molecule has 0 aliphatic rings. The maximum atomic E-state index is 9.26. The standard InChI is InChI=1S/C13H20O4/c1-9(7-14)10-5-6-12(16-3)13(17-4)11(10)8-15-2/h5-6,9,14H,7-8H2,1-4H3. The molecule has 0 fully saturated rings. The summed E-state index contributed by atoms with van der Waals surface area (Å²) < 4.78 is 15.8. The van der Waals surface area contributed by atoms with Crippen molar-refractivity contribution >= 4 is 0 Å². The zero-order chi connectivity index (χ0) is 12.8. The van der Waals surface area contributed by atoms with Crippen molar-refractivity contribution in [1.82, 2.24) is 0 Å². The highest BCUT2D eigenvalue weighted by molar-refractivity contribution is 5.51. The number of aliphatic hydroxyl groups is 1. The molecule has 0 spiro atoms. The number of aliphatic hydroxyl groups excluding tert-OH is 1. The minimum atomic E-state index is 0.0416. The van der Waals surface area contributed by atoms with Gasteiger partial charge in [-0.05, 0) is 11.6 Å². The molecule has 1 aromatic carbocycles. The number of rotatable bonds is 6. The second kappa shape index (κ2) is 6.47. The van der Waals surface area contributed by atoms with E-state index in [9.17, 15) is 5.11 Å². The molecule has 0 saturated carbocycles. The van der Waals surface area contributed by atoms with Crippen LogP contribution in [0.1, 0.15) is 24.0 Å². The summed E-state index contributed by atoms with van der Waals surface area (Å²) in [5.74, 6) is 1.39. The summed E-state index contributed by atoms with van der Waals surface area (Å²) in [6.45, 7) is 2.48. The van der Waals surface area contributed by atoms with E-state index in [0.717, 1.165) is 11.1 Å². The molecular formula is C13H20O4. The van der Waals surface area contributed by atoms with Crippen molar-refractivity contribution in [3.05, 3.63) is 23.3 Å². The van der Waals surface area contributed by atoms with Crippen LogP contribution in [0.2, 0.25) is 0 Å². The van der Waals surface area contributed by atoms with Gasteiger partial charge in [0.25, 0.3) is 0 Å². The van der Waals surface area contributed by atoms with E-state index in [-0.39, 0.29) is 12.5 Å². The van der Waals surface area contributed by atoms with E-state index < -0.39 is 0 Å². The number of hydrogen-bond acceptors (Lipinski definition) is 4. The molecule has 0 heterocycles. The number of ether oxygens (including phenoxy) is 3. The Hall–Kier alpha value is -1.26. The Morgan fingerprint density at radius 3 is 2.35 bits per heavy atom. The largest absolute Gasteiger partial charge is 0.493 e. The summed E-state index contributed by atoms with van der Waals surface area (Å²) in [4.78, 5) is 0. The summed E-state index contributed by atoms with van der Waals surface area (Å²) in [5.41, 5.74) is 1.95. The molecule has 1 aromatic rings. The molecule has 0 aliphatic carbocycles. The third-order valence-electron chi connectivity index (χ3n) is 2.78. The molecular weight excluding hydrogens is 220 g/mol. The lowest BCUT2D eigenvalue weighted by molar-refractivity contribution is 0.178. The van der Waals surface area contributed by atoms with Gasteiger partial charge in [-0.15, -0.1) is 0 Å². The van der Waals surface area contributed by atoms with E-state index in [1.54, 1.807) is 21.3 Å². The third-order valence-corrected chi connectivity index (χ3v) is 2.78. The molecule has 4 heteroatoms. The summed E-state index contributed by atoms with van der Waals surface area (Å²) in [5, 5.41) is 9.26. The monoisotopic (exact) mass is 240 g/mol. The SMILES string of the molecule is COCc1c(C(C)CO)ccc(OC)c1OC. The second-order valence-electron chi connectivity index (χ2n) is 3.89. The molecule has 96 valence electrons. The van der Waals surface area contributed by atoms with Crippen molar-refractivity contribution in [1.29, 1.82) is 0 Å². The molecule has 0 radical (unpaired) electrons. The molecule has 1 unspecified atom stereocenters. The predicted octanol–water partition coefficient (Wildman–Crippen LogP) is 1.95. The van der Waals surface area contributed by atoms with Gasteiger partial charge in [-0.3, -0.25) is 0 Å².